The fourth-order valence-electron chi connectivity index (χ4n) is 2.78. The Kier molecular flexibility index (Phi) is 4.45. The van der Waals surface area contributed by atoms with Crippen molar-refractivity contribution in [1.29, 1.82) is 0 Å². The Morgan fingerprint density at radius 3 is 2.55 bits per heavy atom. The van der Waals surface area contributed by atoms with E-state index in [-0.39, 0.29) is 0 Å². The molecule has 0 spiro atoms. The first kappa shape index (κ1) is 15.4. The van der Waals surface area contributed by atoms with Crippen LogP contribution in [0.1, 0.15) is 24.0 Å². The summed E-state index contributed by atoms with van der Waals surface area (Å²) in [4.78, 5) is 1.38. The van der Waals surface area contributed by atoms with Crippen molar-refractivity contribution in [2.75, 3.05) is 11.0 Å². The molecule has 116 valence electrons. The van der Waals surface area contributed by atoms with E-state index in [2.05, 4.69) is 4.72 Å². The number of thioether (sulfide) groups is 1. The predicted octanol–water partition coefficient (Wildman–Crippen LogP) is 4.09. The predicted molar refractivity (Wildman–Crippen MR) is 92.1 cm³/mol. The third-order valence-corrected chi connectivity index (χ3v) is 6.06. The van der Waals surface area contributed by atoms with Crippen LogP contribution < -0.4 is 4.72 Å². The van der Waals surface area contributed by atoms with Crippen LogP contribution in [-0.4, -0.2) is 14.7 Å². The van der Waals surface area contributed by atoms with Gasteiger partial charge in [-0.3, -0.25) is 4.72 Å². The van der Waals surface area contributed by atoms with Gasteiger partial charge in [0.1, 0.15) is 0 Å². The summed E-state index contributed by atoms with van der Waals surface area (Å²) in [7, 11) is -3.53. The van der Waals surface area contributed by atoms with Crippen LogP contribution in [0, 0.1) is 0 Å². The fourth-order valence-corrected chi connectivity index (χ4v) is 4.34. The summed E-state index contributed by atoms with van der Waals surface area (Å²) in [5.74, 6) is 0. The van der Waals surface area contributed by atoms with E-state index < -0.39 is 10.0 Å². The van der Waals surface area contributed by atoms with Gasteiger partial charge in [-0.2, -0.15) is 0 Å². The molecule has 0 bridgehead atoms. The van der Waals surface area contributed by atoms with E-state index in [4.69, 9.17) is 0 Å². The normalized spacial score (nSPS) is 14.4. The molecule has 0 heterocycles. The van der Waals surface area contributed by atoms with Gasteiger partial charge < -0.3 is 0 Å². The van der Waals surface area contributed by atoms with Crippen LogP contribution in [-0.2, 0) is 22.9 Å². The molecule has 0 radical (unpaired) electrons. The van der Waals surface area contributed by atoms with Crippen molar-refractivity contribution in [1.82, 2.24) is 0 Å². The maximum atomic E-state index is 12.6. The summed E-state index contributed by atoms with van der Waals surface area (Å²) in [6.45, 7) is 0. The topological polar surface area (TPSA) is 46.2 Å². The monoisotopic (exact) mass is 333 g/mol. The highest BCUT2D eigenvalue weighted by Gasteiger charge is 2.17. The molecule has 0 atom stereocenters. The fraction of sp³-hybridized carbons (Fsp3) is 0.294. The number of hydrogen-bond donors (Lipinski definition) is 1. The molecule has 2 aromatic carbocycles. The molecular formula is C17H19NO2S2. The molecule has 3 rings (SSSR count). The van der Waals surface area contributed by atoms with E-state index in [1.54, 1.807) is 23.9 Å². The number of rotatable bonds is 4. The van der Waals surface area contributed by atoms with Gasteiger partial charge in [-0.15, -0.1) is 11.8 Å². The van der Waals surface area contributed by atoms with Gasteiger partial charge in [-0.1, -0.05) is 12.1 Å². The second-order valence-electron chi connectivity index (χ2n) is 5.48. The number of aryl methyl sites for hydroxylation is 2. The summed E-state index contributed by atoms with van der Waals surface area (Å²) in [6.07, 6.45) is 6.33. The molecule has 0 unspecified atom stereocenters. The Morgan fingerprint density at radius 1 is 1.00 bits per heavy atom. The minimum atomic E-state index is -3.53. The van der Waals surface area contributed by atoms with Crippen molar-refractivity contribution >= 4 is 27.5 Å². The van der Waals surface area contributed by atoms with E-state index >= 15 is 0 Å². The molecular weight excluding hydrogens is 314 g/mol. The molecule has 5 heteroatoms. The smallest absolute Gasteiger partial charge is 0.261 e. The summed E-state index contributed by atoms with van der Waals surface area (Å²) >= 11 is 1.59. The van der Waals surface area contributed by atoms with E-state index in [0.717, 1.165) is 24.2 Å². The lowest BCUT2D eigenvalue weighted by Gasteiger charge is -2.17. The Balaban J connectivity index is 1.89. The zero-order valence-corrected chi connectivity index (χ0v) is 14.1. The van der Waals surface area contributed by atoms with E-state index in [1.807, 2.05) is 36.6 Å². The van der Waals surface area contributed by atoms with Crippen LogP contribution in [0.2, 0.25) is 0 Å². The van der Waals surface area contributed by atoms with Gasteiger partial charge in [0.2, 0.25) is 0 Å². The van der Waals surface area contributed by atoms with Gasteiger partial charge in [0.25, 0.3) is 10.0 Å². The lowest BCUT2D eigenvalue weighted by molar-refractivity contribution is 0.600. The van der Waals surface area contributed by atoms with Crippen LogP contribution in [0.5, 0.6) is 0 Å². The second-order valence-corrected chi connectivity index (χ2v) is 8.04. The van der Waals surface area contributed by atoms with Gasteiger partial charge in [0.15, 0.2) is 0 Å². The lowest BCUT2D eigenvalue weighted by Crippen LogP contribution is -2.14. The molecule has 0 aromatic heterocycles. The van der Waals surface area contributed by atoms with Gasteiger partial charge in [-0.25, -0.2) is 8.42 Å². The molecule has 1 N–H and O–H groups in total. The molecule has 0 saturated heterocycles. The third-order valence-electron chi connectivity index (χ3n) is 3.95. The first-order valence-corrected chi connectivity index (χ1v) is 10.1. The van der Waals surface area contributed by atoms with E-state index in [9.17, 15) is 8.42 Å². The minimum absolute atomic E-state index is 0.350. The van der Waals surface area contributed by atoms with Gasteiger partial charge in [-0.05, 0) is 73.4 Å². The molecule has 0 fully saturated rings. The Hall–Kier alpha value is -1.46. The van der Waals surface area contributed by atoms with Crippen LogP contribution in [0.3, 0.4) is 0 Å². The van der Waals surface area contributed by atoms with Crippen molar-refractivity contribution in [2.24, 2.45) is 0 Å². The highest BCUT2D eigenvalue weighted by atomic mass is 32.2. The van der Waals surface area contributed by atoms with Crippen molar-refractivity contribution in [3.63, 3.8) is 0 Å². The molecule has 3 nitrogen and oxygen atoms in total. The number of anilines is 1. The summed E-state index contributed by atoms with van der Waals surface area (Å²) < 4.78 is 27.8. The second kappa shape index (κ2) is 6.34. The average molecular weight is 333 g/mol. The summed E-state index contributed by atoms with van der Waals surface area (Å²) in [6, 6.07) is 12.9. The van der Waals surface area contributed by atoms with Gasteiger partial charge in [0.05, 0.1) is 4.90 Å². The maximum absolute atomic E-state index is 12.6. The van der Waals surface area contributed by atoms with Crippen LogP contribution in [0.15, 0.2) is 52.3 Å². The molecule has 22 heavy (non-hydrogen) atoms. The number of benzene rings is 2. The SMILES string of the molecule is CSc1cccc(NS(=O)(=O)c2ccc3c(c2)CCCC3)c1. The average Bonchev–Trinajstić information content (AvgIpc) is 2.54. The molecule has 1 aliphatic rings. The van der Waals surface area contributed by atoms with Gasteiger partial charge >= 0.3 is 0 Å². The van der Waals surface area contributed by atoms with Crippen molar-refractivity contribution < 1.29 is 8.42 Å². The van der Waals surface area contributed by atoms with Crippen molar-refractivity contribution in [3.05, 3.63) is 53.6 Å². The van der Waals surface area contributed by atoms with Gasteiger partial charge in [0, 0.05) is 10.6 Å². The molecule has 0 saturated carbocycles. The van der Waals surface area contributed by atoms with E-state index in [1.165, 1.54) is 17.5 Å². The maximum Gasteiger partial charge on any atom is 0.261 e. The van der Waals surface area contributed by atoms with E-state index in [0.29, 0.717) is 10.6 Å². The Labute approximate surface area is 136 Å². The first-order valence-electron chi connectivity index (χ1n) is 7.37. The molecule has 2 aromatic rings. The largest absolute Gasteiger partial charge is 0.280 e. The molecule has 0 amide bonds. The first-order chi connectivity index (χ1) is 10.6. The summed E-state index contributed by atoms with van der Waals surface area (Å²) in [5.41, 5.74) is 3.06. The van der Waals surface area contributed by atoms with Crippen molar-refractivity contribution in [2.45, 2.75) is 35.5 Å². The quantitative estimate of drug-likeness (QED) is 0.857. The summed E-state index contributed by atoms with van der Waals surface area (Å²) in [5, 5.41) is 0. The third kappa shape index (κ3) is 3.31. The Bertz CT molecular complexity index is 785. The highest BCUT2D eigenvalue weighted by Crippen LogP contribution is 2.26. The minimum Gasteiger partial charge on any atom is -0.280 e. The molecule has 0 aliphatic heterocycles. The number of hydrogen-bond acceptors (Lipinski definition) is 3. The lowest BCUT2D eigenvalue weighted by atomic mass is 9.92. The molecule has 1 aliphatic carbocycles. The van der Waals surface area contributed by atoms with Crippen LogP contribution >= 0.6 is 11.8 Å². The zero-order valence-electron chi connectivity index (χ0n) is 12.5. The number of sulfonamides is 1. The van der Waals surface area contributed by atoms with Crippen LogP contribution in [0.25, 0.3) is 0 Å². The Morgan fingerprint density at radius 2 is 1.77 bits per heavy atom. The number of nitrogens with one attached hydrogen (secondary N) is 1. The number of fused-ring (bicyclic) bond motifs is 1. The standard InChI is InChI=1S/C17H19NO2S2/c1-21-16-8-4-7-15(12-16)18-22(19,20)17-10-9-13-5-2-3-6-14(13)11-17/h4,7-12,18H,2-3,5-6H2,1H3. The highest BCUT2D eigenvalue weighted by molar-refractivity contribution is 7.98. The van der Waals surface area contributed by atoms with Crippen LogP contribution in [0.4, 0.5) is 5.69 Å². The van der Waals surface area contributed by atoms with Crippen molar-refractivity contribution in [3.8, 4) is 0 Å². The zero-order chi connectivity index (χ0) is 15.6.